The van der Waals surface area contributed by atoms with Gasteiger partial charge in [0.2, 0.25) is 11.7 Å². The van der Waals surface area contributed by atoms with Crippen molar-refractivity contribution in [2.24, 2.45) is 0 Å². The van der Waals surface area contributed by atoms with Crippen LogP contribution >= 0.6 is 0 Å². The number of aliphatic hydroxyl groups excluding tert-OH is 1. The minimum absolute atomic E-state index is 0.109. The highest BCUT2D eigenvalue weighted by Gasteiger charge is 2.25. The summed E-state index contributed by atoms with van der Waals surface area (Å²) in [4.78, 5) is 16.5. The topological polar surface area (TPSA) is 141 Å². The molecular weight excluding hydrogens is 438 g/mol. The van der Waals surface area contributed by atoms with Crippen LogP contribution in [0.4, 0.5) is 0 Å². The highest BCUT2D eigenvalue weighted by molar-refractivity contribution is 5.94. The summed E-state index contributed by atoms with van der Waals surface area (Å²) >= 11 is 0. The zero-order chi connectivity index (χ0) is 23.9. The zero-order valence-corrected chi connectivity index (χ0v) is 19.1. The Morgan fingerprint density at radius 2 is 2.09 bits per heavy atom. The fraction of sp³-hybridized carbons (Fsp3) is 0.391. The predicted octanol–water partition coefficient (Wildman–Crippen LogP) is 2.44. The SMILES string of the molecule is CC(C)(C)c1cc2nnc(-c3cc(CO)on3)n2nc1OCc1ccc(C(=O)NC2CC2)cn1. The molecule has 4 aromatic heterocycles. The van der Waals surface area contributed by atoms with Gasteiger partial charge in [-0.3, -0.25) is 9.78 Å². The van der Waals surface area contributed by atoms with E-state index in [2.05, 4.69) is 51.5 Å². The van der Waals surface area contributed by atoms with Gasteiger partial charge < -0.3 is 19.7 Å². The van der Waals surface area contributed by atoms with Crippen LogP contribution in [-0.2, 0) is 18.6 Å². The van der Waals surface area contributed by atoms with Crippen molar-refractivity contribution in [3.05, 3.63) is 53.0 Å². The number of hydrogen-bond donors (Lipinski definition) is 2. The van der Waals surface area contributed by atoms with Crippen molar-refractivity contribution < 1.29 is 19.2 Å². The Morgan fingerprint density at radius 3 is 2.74 bits per heavy atom. The van der Waals surface area contributed by atoms with Gasteiger partial charge in [-0.15, -0.1) is 15.3 Å². The van der Waals surface area contributed by atoms with E-state index in [9.17, 15) is 9.90 Å². The quantitative estimate of drug-likeness (QED) is 0.423. The van der Waals surface area contributed by atoms with Crippen LogP contribution in [-0.4, -0.2) is 47.0 Å². The molecule has 2 N–H and O–H groups in total. The molecule has 1 fully saturated rings. The number of ether oxygens (including phenoxy) is 1. The Hall–Kier alpha value is -3.86. The lowest BCUT2D eigenvalue weighted by Crippen LogP contribution is -2.25. The Morgan fingerprint density at radius 1 is 1.26 bits per heavy atom. The van der Waals surface area contributed by atoms with Gasteiger partial charge in [0, 0.05) is 23.9 Å². The van der Waals surface area contributed by atoms with Crippen molar-refractivity contribution >= 4 is 11.6 Å². The van der Waals surface area contributed by atoms with Gasteiger partial charge in [-0.2, -0.15) is 4.52 Å². The molecule has 1 aliphatic rings. The van der Waals surface area contributed by atoms with Crippen LogP contribution in [0.1, 0.15) is 61.0 Å². The molecule has 0 aromatic carbocycles. The van der Waals surface area contributed by atoms with Crippen molar-refractivity contribution in [2.75, 3.05) is 0 Å². The van der Waals surface area contributed by atoms with Crippen LogP contribution in [0, 0.1) is 0 Å². The maximum absolute atomic E-state index is 12.2. The van der Waals surface area contributed by atoms with E-state index in [-0.39, 0.29) is 24.5 Å². The minimum Gasteiger partial charge on any atom is -0.470 e. The third-order valence-electron chi connectivity index (χ3n) is 5.47. The van der Waals surface area contributed by atoms with E-state index >= 15 is 0 Å². The monoisotopic (exact) mass is 463 g/mol. The Balaban J connectivity index is 1.41. The molecule has 176 valence electrons. The molecule has 0 bridgehead atoms. The van der Waals surface area contributed by atoms with Gasteiger partial charge in [0.25, 0.3) is 5.91 Å². The highest BCUT2D eigenvalue weighted by atomic mass is 16.5. The molecule has 4 heterocycles. The summed E-state index contributed by atoms with van der Waals surface area (Å²) in [5.41, 5.74) is 2.71. The second kappa shape index (κ2) is 8.49. The summed E-state index contributed by atoms with van der Waals surface area (Å²) in [6.07, 6.45) is 3.62. The smallest absolute Gasteiger partial charge is 0.253 e. The number of carbonyl (C=O) groups excluding carboxylic acids is 1. The Bertz CT molecular complexity index is 1330. The summed E-state index contributed by atoms with van der Waals surface area (Å²) in [5, 5.41) is 29.2. The Labute approximate surface area is 195 Å². The van der Waals surface area contributed by atoms with E-state index in [1.165, 1.54) is 4.52 Å². The number of carbonyl (C=O) groups is 1. The van der Waals surface area contributed by atoms with Gasteiger partial charge in [-0.25, -0.2) is 0 Å². The summed E-state index contributed by atoms with van der Waals surface area (Å²) in [6, 6.07) is 7.27. The van der Waals surface area contributed by atoms with E-state index in [4.69, 9.17) is 9.26 Å². The number of aliphatic hydroxyl groups is 1. The molecule has 1 amide bonds. The van der Waals surface area contributed by atoms with Crippen LogP contribution < -0.4 is 10.1 Å². The van der Waals surface area contributed by atoms with Gasteiger partial charge in [0.1, 0.15) is 13.2 Å². The molecule has 4 aromatic rings. The molecule has 0 aliphatic heterocycles. The standard InChI is InChI=1S/C23H25N7O4/c1-23(2,3)17-9-19-26-27-20(18-8-16(11-31)34-29-18)30(19)28-22(17)33-12-15-5-4-13(10-24-15)21(32)25-14-6-7-14/h4-5,8-10,14,31H,6-7,11-12H2,1-3H3,(H,25,32). The van der Waals surface area contributed by atoms with Gasteiger partial charge in [-0.05, 0) is 36.5 Å². The minimum atomic E-state index is -0.271. The first-order chi connectivity index (χ1) is 16.3. The van der Waals surface area contributed by atoms with E-state index in [0.29, 0.717) is 46.1 Å². The molecule has 5 rings (SSSR count). The number of rotatable bonds is 7. The normalized spacial score (nSPS) is 13.9. The first-order valence-electron chi connectivity index (χ1n) is 11.0. The number of nitrogens with zero attached hydrogens (tertiary/aromatic N) is 6. The van der Waals surface area contributed by atoms with E-state index in [1.807, 2.05) is 6.07 Å². The number of fused-ring (bicyclic) bond motifs is 1. The molecule has 34 heavy (non-hydrogen) atoms. The van der Waals surface area contributed by atoms with Crippen molar-refractivity contribution in [3.63, 3.8) is 0 Å². The first-order valence-corrected chi connectivity index (χ1v) is 11.0. The number of nitrogens with one attached hydrogen (secondary N) is 1. The molecule has 1 saturated carbocycles. The lowest BCUT2D eigenvalue weighted by molar-refractivity contribution is 0.0950. The number of pyridine rings is 1. The van der Waals surface area contributed by atoms with Gasteiger partial charge in [0.05, 0.1) is 11.3 Å². The molecular formula is C23H25N7O4. The number of amides is 1. The molecule has 1 aliphatic carbocycles. The van der Waals surface area contributed by atoms with Crippen molar-refractivity contribution in [1.29, 1.82) is 0 Å². The summed E-state index contributed by atoms with van der Waals surface area (Å²) in [6.45, 7) is 6.07. The van der Waals surface area contributed by atoms with Crippen molar-refractivity contribution in [3.8, 4) is 17.4 Å². The average Bonchev–Trinajstić information content (AvgIpc) is 3.34. The van der Waals surface area contributed by atoms with Gasteiger partial charge in [0.15, 0.2) is 17.1 Å². The molecule has 0 unspecified atom stereocenters. The largest absolute Gasteiger partial charge is 0.470 e. The molecule has 0 radical (unpaired) electrons. The maximum Gasteiger partial charge on any atom is 0.253 e. The van der Waals surface area contributed by atoms with Crippen LogP contribution in [0.15, 0.2) is 35.0 Å². The molecule has 11 heteroatoms. The van der Waals surface area contributed by atoms with Crippen molar-refractivity contribution in [2.45, 2.75) is 58.3 Å². The fourth-order valence-electron chi connectivity index (χ4n) is 3.40. The lowest BCUT2D eigenvalue weighted by Gasteiger charge is -2.21. The van der Waals surface area contributed by atoms with Crippen LogP contribution in [0.2, 0.25) is 0 Å². The average molecular weight is 463 g/mol. The lowest BCUT2D eigenvalue weighted by atomic mass is 9.88. The third-order valence-corrected chi connectivity index (χ3v) is 5.47. The Kier molecular flexibility index (Phi) is 5.48. The molecule has 0 atom stereocenters. The second-order valence-corrected chi connectivity index (χ2v) is 9.32. The van der Waals surface area contributed by atoms with Crippen LogP contribution in [0.25, 0.3) is 17.2 Å². The van der Waals surface area contributed by atoms with Gasteiger partial charge in [-0.1, -0.05) is 25.9 Å². The summed E-state index contributed by atoms with van der Waals surface area (Å²) in [7, 11) is 0. The third kappa shape index (κ3) is 4.46. The number of aromatic nitrogens is 6. The van der Waals surface area contributed by atoms with Crippen LogP contribution in [0.5, 0.6) is 5.88 Å². The zero-order valence-electron chi connectivity index (χ0n) is 19.1. The summed E-state index contributed by atoms with van der Waals surface area (Å²) in [5.74, 6) is 0.981. The summed E-state index contributed by atoms with van der Waals surface area (Å²) < 4.78 is 12.7. The maximum atomic E-state index is 12.2. The van der Waals surface area contributed by atoms with Gasteiger partial charge >= 0.3 is 0 Å². The molecule has 0 spiro atoms. The second-order valence-electron chi connectivity index (χ2n) is 9.32. The predicted molar refractivity (Wildman–Crippen MR) is 120 cm³/mol. The first kappa shape index (κ1) is 22.0. The van der Waals surface area contributed by atoms with E-state index < -0.39 is 0 Å². The molecule has 0 saturated heterocycles. The number of hydrogen-bond acceptors (Lipinski definition) is 9. The van der Waals surface area contributed by atoms with E-state index in [1.54, 1.807) is 24.4 Å². The molecule has 11 nitrogen and oxygen atoms in total. The van der Waals surface area contributed by atoms with Crippen LogP contribution in [0.3, 0.4) is 0 Å². The highest BCUT2D eigenvalue weighted by Crippen LogP contribution is 2.32. The van der Waals surface area contributed by atoms with Crippen molar-refractivity contribution in [1.82, 2.24) is 35.3 Å². The van der Waals surface area contributed by atoms with E-state index in [0.717, 1.165) is 18.4 Å². The fourth-order valence-corrected chi connectivity index (χ4v) is 3.40.